The standard InChI is InChI=1S/C14H22N2O4/c17-12-5-6-13(18)16(12)8-7-15-9-10-1-3-11(4-2-10)14(19)20/h10-11,15H,1-9H2,(H,19,20). The van der Waals surface area contributed by atoms with Crippen molar-refractivity contribution in [1.82, 2.24) is 10.2 Å². The van der Waals surface area contributed by atoms with Crippen molar-refractivity contribution in [2.45, 2.75) is 38.5 Å². The van der Waals surface area contributed by atoms with E-state index < -0.39 is 5.97 Å². The molecule has 1 saturated carbocycles. The molecule has 1 saturated heterocycles. The summed E-state index contributed by atoms with van der Waals surface area (Å²) in [6.07, 6.45) is 4.07. The second-order valence-corrected chi connectivity index (χ2v) is 5.70. The molecule has 2 aliphatic rings. The van der Waals surface area contributed by atoms with Crippen LogP contribution in [0.25, 0.3) is 0 Å². The molecule has 6 heteroatoms. The fraction of sp³-hybridized carbons (Fsp3) is 0.786. The van der Waals surface area contributed by atoms with E-state index in [1.807, 2.05) is 0 Å². The van der Waals surface area contributed by atoms with Gasteiger partial charge in [-0.25, -0.2) is 0 Å². The zero-order chi connectivity index (χ0) is 14.5. The molecule has 2 N–H and O–H groups in total. The first-order valence-electron chi connectivity index (χ1n) is 7.34. The molecule has 0 spiro atoms. The van der Waals surface area contributed by atoms with Crippen molar-refractivity contribution in [2.75, 3.05) is 19.6 Å². The third-order valence-electron chi connectivity index (χ3n) is 4.30. The first kappa shape index (κ1) is 15.0. The zero-order valence-electron chi connectivity index (χ0n) is 11.6. The maximum atomic E-state index is 11.4. The highest BCUT2D eigenvalue weighted by Gasteiger charge is 2.28. The molecule has 1 aliphatic carbocycles. The van der Waals surface area contributed by atoms with E-state index in [1.165, 1.54) is 4.90 Å². The van der Waals surface area contributed by atoms with Crippen LogP contribution in [0.5, 0.6) is 0 Å². The van der Waals surface area contributed by atoms with Crippen LogP contribution in [-0.2, 0) is 14.4 Å². The van der Waals surface area contributed by atoms with E-state index in [4.69, 9.17) is 5.11 Å². The number of nitrogens with zero attached hydrogens (tertiary/aromatic N) is 1. The minimum Gasteiger partial charge on any atom is -0.481 e. The molecule has 6 nitrogen and oxygen atoms in total. The number of hydrogen-bond donors (Lipinski definition) is 2. The van der Waals surface area contributed by atoms with Crippen LogP contribution in [0.1, 0.15) is 38.5 Å². The second kappa shape index (κ2) is 6.83. The van der Waals surface area contributed by atoms with Crippen LogP contribution in [0.2, 0.25) is 0 Å². The minimum atomic E-state index is -0.678. The number of nitrogens with one attached hydrogen (secondary N) is 1. The van der Waals surface area contributed by atoms with Gasteiger partial charge in [-0.05, 0) is 38.1 Å². The summed E-state index contributed by atoms with van der Waals surface area (Å²) in [6, 6.07) is 0. The number of likely N-dealkylation sites (tertiary alicyclic amines) is 1. The summed E-state index contributed by atoms with van der Waals surface area (Å²) in [5.41, 5.74) is 0. The second-order valence-electron chi connectivity index (χ2n) is 5.70. The normalized spacial score (nSPS) is 27.1. The van der Waals surface area contributed by atoms with Gasteiger partial charge in [-0.3, -0.25) is 19.3 Å². The van der Waals surface area contributed by atoms with E-state index in [9.17, 15) is 14.4 Å². The Morgan fingerprint density at radius 3 is 2.30 bits per heavy atom. The Kier molecular flexibility index (Phi) is 5.11. The van der Waals surface area contributed by atoms with Gasteiger partial charge in [0.25, 0.3) is 0 Å². The first-order valence-corrected chi connectivity index (χ1v) is 7.34. The van der Waals surface area contributed by atoms with Gasteiger partial charge in [0.15, 0.2) is 0 Å². The number of carbonyl (C=O) groups is 3. The van der Waals surface area contributed by atoms with Gasteiger partial charge in [0.05, 0.1) is 5.92 Å². The third-order valence-corrected chi connectivity index (χ3v) is 4.30. The average Bonchev–Trinajstić information content (AvgIpc) is 2.75. The first-order chi connectivity index (χ1) is 9.58. The monoisotopic (exact) mass is 282 g/mol. The van der Waals surface area contributed by atoms with E-state index in [0.717, 1.165) is 32.2 Å². The van der Waals surface area contributed by atoms with Crippen LogP contribution < -0.4 is 5.32 Å². The van der Waals surface area contributed by atoms with E-state index in [2.05, 4.69) is 5.32 Å². The van der Waals surface area contributed by atoms with Crippen LogP contribution in [0.15, 0.2) is 0 Å². The highest BCUT2D eigenvalue weighted by Crippen LogP contribution is 2.28. The van der Waals surface area contributed by atoms with Crippen molar-refractivity contribution in [3.63, 3.8) is 0 Å². The lowest BCUT2D eigenvalue weighted by molar-refractivity contribution is -0.143. The Bertz CT molecular complexity index is 373. The molecule has 0 aromatic heterocycles. The van der Waals surface area contributed by atoms with Crippen LogP contribution in [-0.4, -0.2) is 47.4 Å². The molecule has 2 fully saturated rings. The molecule has 1 heterocycles. The van der Waals surface area contributed by atoms with Crippen molar-refractivity contribution in [3.05, 3.63) is 0 Å². The molecule has 0 unspecified atom stereocenters. The SMILES string of the molecule is O=C(O)C1CCC(CNCCN2C(=O)CCC2=O)CC1. The summed E-state index contributed by atoms with van der Waals surface area (Å²) < 4.78 is 0. The molecule has 0 bridgehead atoms. The molecule has 1 aliphatic heterocycles. The summed E-state index contributed by atoms with van der Waals surface area (Å²) in [4.78, 5) is 35.0. The lowest BCUT2D eigenvalue weighted by Gasteiger charge is -2.26. The Hall–Kier alpha value is -1.43. The smallest absolute Gasteiger partial charge is 0.306 e. The molecule has 0 atom stereocenters. The van der Waals surface area contributed by atoms with Crippen LogP contribution >= 0.6 is 0 Å². The highest BCUT2D eigenvalue weighted by atomic mass is 16.4. The predicted octanol–water partition coefficient (Wildman–Crippen LogP) is 0.616. The average molecular weight is 282 g/mol. The van der Waals surface area contributed by atoms with Crippen molar-refractivity contribution in [2.24, 2.45) is 11.8 Å². The molecular weight excluding hydrogens is 260 g/mol. The maximum absolute atomic E-state index is 11.4. The minimum absolute atomic E-state index is 0.0706. The quantitative estimate of drug-likeness (QED) is 0.551. The van der Waals surface area contributed by atoms with Gasteiger partial charge in [-0.15, -0.1) is 0 Å². The van der Waals surface area contributed by atoms with E-state index in [0.29, 0.717) is 31.8 Å². The third kappa shape index (κ3) is 3.79. The van der Waals surface area contributed by atoms with Crippen LogP contribution in [0.3, 0.4) is 0 Å². The maximum Gasteiger partial charge on any atom is 0.306 e. The predicted molar refractivity (Wildman–Crippen MR) is 71.9 cm³/mol. The van der Waals surface area contributed by atoms with Gasteiger partial charge in [0, 0.05) is 25.9 Å². The lowest BCUT2D eigenvalue weighted by atomic mass is 9.82. The highest BCUT2D eigenvalue weighted by molar-refractivity contribution is 6.01. The molecule has 2 rings (SSSR count). The number of amides is 2. The van der Waals surface area contributed by atoms with Gasteiger partial charge in [-0.2, -0.15) is 0 Å². The summed E-state index contributed by atoms with van der Waals surface area (Å²) in [5.74, 6) is -0.485. The molecule has 0 aromatic rings. The van der Waals surface area contributed by atoms with Gasteiger partial charge in [0.2, 0.25) is 11.8 Å². The fourth-order valence-electron chi connectivity index (χ4n) is 2.98. The van der Waals surface area contributed by atoms with Crippen LogP contribution in [0, 0.1) is 11.8 Å². The summed E-state index contributed by atoms with van der Waals surface area (Å²) in [5, 5.41) is 12.2. The van der Waals surface area contributed by atoms with E-state index >= 15 is 0 Å². The van der Waals surface area contributed by atoms with E-state index in [1.54, 1.807) is 0 Å². The number of carboxylic acids is 1. The molecule has 2 amide bonds. The van der Waals surface area contributed by atoms with Crippen molar-refractivity contribution >= 4 is 17.8 Å². The molecule has 112 valence electrons. The van der Waals surface area contributed by atoms with Crippen molar-refractivity contribution in [3.8, 4) is 0 Å². The van der Waals surface area contributed by atoms with Crippen molar-refractivity contribution in [1.29, 1.82) is 0 Å². The van der Waals surface area contributed by atoms with Gasteiger partial charge >= 0.3 is 5.97 Å². The van der Waals surface area contributed by atoms with Crippen LogP contribution in [0.4, 0.5) is 0 Å². The molecule has 0 radical (unpaired) electrons. The van der Waals surface area contributed by atoms with Crippen molar-refractivity contribution < 1.29 is 19.5 Å². The Morgan fingerprint density at radius 1 is 1.15 bits per heavy atom. The summed E-state index contributed by atoms with van der Waals surface area (Å²) in [6.45, 7) is 1.90. The van der Waals surface area contributed by atoms with Gasteiger partial charge < -0.3 is 10.4 Å². The summed E-state index contributed by atoms with van der Waals surface area (Å²) in [7, 11) is 0. The fourth-order valence-corrected chi connectivity index (χ4v) is 2.98. The largest absolute Gasteiger partial charge is 0.481 e. The van der Waals surface area contributed by atoms with E-state index in [-0.39, 0.29) is 17.7 Å². The Labute approximate surface area is 118 Å². The number of hydrogen-bond acceptors (Lipinski definition) is 4. The molecule has 0 aromatic carbocycles. The number of rotatable bonds is 6. The van der Waals surface area contributed by atoms with Gasteiger partial charge in [0.1, 0.15) is 0 Å². The van der Waals surface area contributed by atoms with Gasteiger partial charge in [-0.1, -0.05) is 0 Å². The number of imide groups is 1. The topological polar surface area (TPSA) is 86.7 Å². The lowest BCUT2D eigenvalue weighted by Crippen LogP contribution is -2.37. The number of carbonyl (C=O) groups excluding carboxylic acids is 2. The molecule has 20 heavy (non-hydrogen) atoms. The number of carboxylic acid groups (broad SMARTS) is 1. The zero-order valence-corrected chi connectivity index (χ0v) is 11.6. The number of aliphatic carboxylic acids is 1. The molecular formula is C14H22N2O4. The Balaban J connectivity index is 1.59. The Morgan fingerprint density at radius 2 is 1.75 bits per heavy atom. The summed E-state index contributed by atoms with van der Waals surface area (Å²) >= 11 is 0.